The van der Waals surface area contributed by atoms with Crippen LogP contribution in [-0.4, -0.2) is 17.1 Å². The molecule has 2 aliphatic carbocycles. The Hall–Kier alpha value is -0.570. The van der Waals surface area contributed by atoms with E-state index in [1.54, 1.807) is 0 Å². The zero-order valence-corrected chi connectivity index (χ0v) is 13.8. The van der Waals surface area contributed by atoms with Gasteiger partial charge in [0.05, 0.1) is 0 Å². The molecular formula is C17H25BrN2. The molecule has 0 atom stereocenters. The van der Waals surface area contributed by atoms with Crippen LogP contribution in [0.25, 0.3) is 0 Å². The third kappa shape index (κ3) is 3.36. The molecule has 110 valence electrons. The Morgan fingerprint density at radius 2 is 1.40 bits per heavy atom. The van der Waals surface area contributed by atoms with E-state index >= 15 is 0 Å². The van der Waals surface area contributed by atoms with Crippen molar-refractivity contribution in [3.8, 4) is 0 Å². The number of hydrogen-bond donors (Lipinski definition) is 0. The Labute approximate surface area is 131 Å². The molecule has 1 heterocycles. The third-order valence-electron chi connectivity index (χ3n) is 4.91. The second-order valence-corrected chi connectivity index (χ2v) is 7.24. The van der Waals surface area contributed by atoms with Gasteiger partial charge >= 0.3 is 0 Å². The fourth-order valence-electron chi connectivity index (χ4n) is 3.91. The van der Waals surface area contributed by atoms with E-state index in [0.717, 1.165) is 16.6 Å². The smallest absolute Gasteiger partial charge is 0.129 e. The standard InChI is InChI=1S/C17H25BrN2/c18-14-11-12-17(19-13-14)20(15-7-3-1-4-8-15)16-9-5-2-6-10-16/h11-13,15-16H,1-10H2. The summed E-state index contributed by atoms with van der Waals surface area (Å²) in [5, 5.41) is 0. The van der Waals surface area contributed by atoms with Crippen LogP contribution in [0.1, 0.15) is 64.2 Å². The van der Waals surface area contributed by atoms with E-state index in [2.05, 4.69) is 33.0 Å². The molecule has 2 aliphatic rings. The number of rotatable bonds is 3. The van der Waals surface area contributed by atoms with Crippen molar-refractivity contribution in [1.82, 2.24) is 4.98 Å². The van der Waals surface area contributed by atoms with E-state index in [1.165, 1.54) is 70.0 Å². The quantitative estimate of drug-likeness (QED) is 0.742. The molecule has 0 aromatic carbocycles. The van der Waals surface area contributed by atoms with Gasteiger partial charge in [-0.3, -0.25) is 0 Å². The van der Waals surface area contributed by atoms with Crippen molar-refractivity contribution in [2.45, 2.75) is 76.3 Å². The van der Waals surface area contributed by atoms with Crippen molar-refractivity contribution < 1.29 is 0 Å². The molecule has 2 saturated carbocycles. The van der Waals surface area contributed by atoms with Crippen molar-refractivity contribution in [3.63, 3.8) is 0 Å². The maximum atomic E-state index is 4.71. The number of aromatic nitrogens is 1. The van der Waals surface area contributed by atoms with Gasteiger partial charge in [0.1, 0.15) is 5.82 Å². The fourth-order valence-corrected chi connectivity index (χ4v) is 4.15. The highest BCUT2D eigenvalue weighted by atomic mass is 79.9. The Morgan fingerprint density at radius 1 is 0.850 bits per heavy atom. The molecule has 0 spiro atoms. The number of anilines is 1. The van der Waals surface area contributed by atoms with Crippen LogP contribution in [0.15, 0.2) is 22.8 Å². The van der Waals surface area contributed by atoms with Crippen molar-refractivity contribution in [1.29, 1.82) is 0 Å². The zero-order valence-electron chi connectivity index (χ0n) is 12.2. The lowest BCUT2D eigenvalue weighted by atomic mass is 9.88. The molecule has 0 N–H and O–H groups in total. The number of hydrogen-bond acceptors (Lipinski definition) is 2. The van der Waals surface area contributed by atoms with Crippen molar-refractivity contribution in [3.05, 3.63) is 22.8 Å². The predicted octanol–water partition coefficient (Wildman–Crippen LogP) is 5.32. The minimum atomic E-state index is 0.723. The van der Waals surface area contributed by atoms with Gasteiger partial charge < -0.3 is 4.90 Å². The molecule has 1 aromatic rings. The minimum absolute atomic E-state index is 0.723. The minimum Gasteiger partial charge on any atom is -0.351 e. The van der Waals surface area contributed by atoms with Crippen LogP contribution >= 0.6 is 15.9 Å². The van der Waals surface area contributed by atoms with Crippen LogP contribution in [0.5, 0.6) is 0 Å². The molecule has 0 amide bonds. The van der Waals surface area contributed by atoms with E-state index < -0.39 is 0 Å². The average molecular weight is 337 g/mol. The molecule has 0 saturated heterocycles. The first-order valence-corrected chi connectivity index (χ1v) is 9.04. The Kier molecular flexibility index (Phi) is 4.98. The zero-order chi connectivity index (χ0) is 13.8. The van der Waals surface area contributed by atoms with Gasteiger partial charge in [-0.25, -0.2) is 4.98 Å². The summed E-state index contributed by atoms with van der Waals surface area (Å²) in [6.07, 6.45) is 15.8. The molecule has 2 fully saturated rings. The lowest BCUT2D eigenvalue weighted by Crippen LogP contribution is -2.45. The largest absolute Gasteiger partial charge is 0.351 e. The van der Waals surface area contributed by atoms with Crippen LogP contribution in [-0.2, 0) is 0 Å². The maximum Gasteiger partial charge on any atom is 0.129 e. The molecule has 20 heavy (non-hydrogen) atoms. The van der Waals surface area contributed by atoms with Gasteiger partial charge in [-0.05, 0) is 53.7 Å². The van der Waals surface area contributed by atoms with Crippen LogP contribution in [0.2, 0.25) is 0 Å². The van der Waals surface area contributed by atoms with Gasteiger partial charge in [0.2, 0.25) is 0 Å². The molecule has 0 aliphatic heterocycles. The van der Waals surface area contributed by atoms with Crippen molar-refractivity contribution >= 4 is 21.7 Å². The number of halogens is 1. The first-order chi connectivity index (χ1) is 9.84. The Morgan fingerprint density at radius 3 is 1.85 bits per heavy atom. The van der Waals surface area contributed by atoms with E-state index in [9.17, 15) is 0 Å². The average Bonchev–Trinajstić information content (AvgIpc) is 2.52. The molecule has 2 nitrogen and oxygen atoms in total. The molecular weight excluding hydrogens is 312 g/mol. The van der Waals surface area contributed by atoms with E-state index in [-0.39, 0.29) is 0 Å². The van der Waals surface area contributed by atoms with Crippen molar-refractivity contribution in [2.24, 2.45) is 0 Å². The number of nitrogens with zero attached hydrogens (tertiary/aromatic N) is 2. The second kappa shape index (κ2) is 6.93. The van der Waals surface area contributed by atoms with E-state index in [0.29, 0.717) is 0 Å². The SMILES string of the molecule is Brc1ccc(N(C2CCCCC2)C2CCCCC2)nc1. The number of pyridine rings is 1. The first-order valence-electron chi connectivity index (χ1n) is 8.24. The van der Waals surface area contributed by atoms with Crippen molar-refractivity contribution in [2.75, 3.05) is 4.90 Å². The van der Waals surface area contributed by atoms with Gasteiger partial charge in [-0.15, -0.1) is 0 Å². The van der Waals surface area contributed by atoms with Crippen LogP contribution in [0.3, 0.4) is 0 Å². The fraction of sp³-hybridized carbons (Fsp3) is 0.706. The summed E-state index contributed by atoms with van der Waals surface area (Å²) in [7, 11) is 0. The maximum absolute atomic E-state index is 4.71. The summed E-state index contributed by atoms with van der Waals surface area (Å²) < 4.78 is 1.08. The highest BCUT2D eigenvalue weighted by Crippen LogP contribution is 2.33. The summed E-state index contributed by atoms with van der Waals surface area (Å²) in [5.41, 5.74) is 0. The second-order valence-electron chi connectivity index (χ2n) is 6.33. The van der Waals surface area contributed by atoms with Gasteiger partial charge in [0, 0.05) is 22.8 Å². The Balaban J connectivity index is 1.83. The van der Waals surface area contributed by atoms with Gasteiger partial charge in [0.15, 0.2) is 0 Å². The molecule has 3 rings (SSSR count). The topological polar surface area (TPSA) is 16.1 Å². The summed E-state index contributed by atoms with van der Waals surface area (Å²) >= 11 is 3.51. The summed E-state index contributed by atoms with van der Waals surface area (Å²) in [5.74, 6) is 1.20. The highest BCUT2D eigenvalue weighted by Gasteiger charge is 2.29. The van der Waals surface area contributed by atoms with Gasteiger partial charge in [-0.1, -0.05) is 38.5 Å². The van der Waals surface area contributed by atoms with Gasteiger partial charge in [-0.2, -0.15) is 0 Å². The summed E-state index contributed by atoms with van der Waals surface area (Å²) in [4.78, 5) is 7.39. The Bertz CT molecular complexity index is 388. The molecule has 1 aromatic heterocycles. The van der Waals surface area contributed by atoms with Crippen LogP contribution in [0, 0.1) is 0 Å². The summed E-state index contributed by atoms with van der Waals surface area (Å²) in [6, 6.07) is 5.79. The van der Waals surface area contributed by atoms with Crippen LogP contribution in [0.4, 0.5) is 5.82 Å². The monoisotopic (exact) mass is 336 g/mol. The molecule has 3 heteroatoms. The first kappa shape index (κ1) is 14.4. The predicted molar refractivity (Wildman–Crippen MR) is 88.2 cm³/mol. The normalized spacial score (nSPS) is 21.9. The molecule has 0 bridgehead atoms. The highest BCUT2D eigenvalue weighted by molar-refractivity contribution is 9.10. The summed E-state index contributed by atoms with van der Waals surface area (Å²) in [6.45, 7) is 0. The lowest BCUT2D eigenvalue weighted by Gasteiger charge is -2.42. The van der Waals surface area contributed by atoms with E-state index in [1.807, 2.05) is 6.20 Å². The van der Waals surface area contributed by atoms with E-state index in [4.69, 9.17) is 4.98 Å². The van der Waals surface area contributed by atoms with Crippen LogP contribution < -0.4 is 4.90 Å². The lowest BCUT2D eigenvalue weighted by molar-refractivity contribution is 0.338. The molecule has 0 unspecified atom stereocenters. The molecule has 0 radical (unpaired) electrons. The third-order valence-corrected chi connectivity index (χ3v) is 5.38. The van der Waals surface area contributed by atoms with Gasteiger partial charge in [0.25, 0.3) is 0 Å².